The molecule has 104 valence electrons. The molecular formula is C14H17N5O. The van der Waals surface area contributed by atoms with Crippen molar-refractivity contribution >= 4 is 11.5 Å². The van der Waals surface area contributed by atoms with Gasteiger partial charge in [0.15, 0.2) is 5.84 Å². The molecule has 2 rings (SSSR count). The molecule has 0 aliphatic carbocycles. The summed E-state index contributed by atoms with van der Waals surface area (Å²) in [5.41, 5.74) is 8.87. The number of oxime groups is 1. The first-order chi connectivity index (χ1) is 9.60. The number of aryl methyl sites for hydroxylation is 1. The highest BCUT2D eigenvalue weighted by Gasteiger charge is 2.07. The van der Waals surface area contributed by atoms with Gasteiger partial charge in [0.2, 0.25) is 0 Å². The lowest BCUT2D eigenvalue weighted by Crippen LogP contribution is -2.20. The summed E-state index contributed by atoms with van der Waals surface area (Å²) in [4.78, 5) is 10.5. The third kappa shape index (κ3) is 3.23. The fourth-order valence-electron chi connectivity index (χ4n) is 1.87. The van der Waals surface area contributed by atoms with Crippen LogP contribution in [-0.2, 0) is 6.54 Å². The van der Waals surface area contributed by atoms with E-state index in [1.807, 2.05) is 43.1 Å². The van der Waals surface area contributed by atoms with Gasteiger partial charge in [-0.1, -0.05) is 11.2 Å². The molecule has 0 fully saturated rings. The zero-order chi connectivity index (χ0) is 14.5. The highest BCUT2D eigenvalue weighted by molar-refractivity contribution is 5.95. The van der Waals surface area contributed by atoms with E-state index in [-0.39, 0.29) is 5.84 Å². The summed E-state index contributed by atoms with van der Waals surface area (Å²) in [6.45, 7) is 2.63. The van der Waals surface area contributed by atoms with E-state index in [4.69, 9.17) is 10.9 Å². The van der Waals surface area contributed by atoms with Gasteiger partial charge in [0, 0.05) is 24.6 Å². The summed E-state index contributed by atoms with van der Waals surface area (Å²) in [5.74, 6) is -0.00562. The van der Waals surface area contributed by atoms with Crippen LogP contribution in [0.5, 0.6) is 0 Å². The van der Waals surface area contributed by atoms with Gasteiger partial charge >= 0.3 is 0 Å². The largest absolute Gasteiger partial charge is 0.409 e. The number of nitrogens with zero attached hydrogens (tertiary/aromatic N) is 4. The third-order valence-electron chi connectivity index (χ3n) is 2.90. The molecule has 2 heterocycles. The number of hydrogen-bond donors (Lipinski definition) is 2. The van der Waals surface area contributed by atoms with Gasteiger partial charge in [-0.2, -0.15) is 0 Å². The van der Waals surface area contributed by atoms with Gasteiger partial charge in [0.05, 0.1) is 12.2 Å². The lowest BCUT2D eigenvalue weighted by Gasteiger charge is -2.19. The summed E-state index contributed by atoms with van der Waals surface area (Å²) in [5, 5.41) is 11.6. The average Bonchev–Trinajstić information content (AvgIpc) is 2.46. The van der Waals surface area contributed by atoms with Crippen molar-refractivity contribution in [3.8, 4) is 0 Å². The number of rotatable bonds is 4. The standard InChI is InChI=1S/C14H17N5O/c1-10-4-3-5-11(17-10)9-19(2)12-6-7-16-13(8-12)14(15)18-20/h3-8,20H,9H2,1-2H3,(H2,15,18). The first-order valence-electron chi connectivity index (χ1n) is 6.18. The molecule has 2 aromatic rings. The third-order valence-corrected chi connectivity index (χ3v) is 2.90. The molecule has 6 nitrogen and oxygen atoms in total. The highest BCUT2D eigenvalue weighted by Crippen LogP contribution is 2.15. The van der Waals surface area contributed by atoms with Crippen LogP contribution < -0.4 is 10.6 Å². The molecule has 0 saturated heterocycles. The normalized spacial score (nSPS) is 11.4. The summed E-state index contributed by atoms with van der Waals surface area (Å²) < 4.78 is 0. The maximum atomic E-state index is 8.68. The van der Waals surface area contributed by atoms with Gasteiger partial charge in [-0.3, -0.25) is 9.97 Å². The minimum absolute atomic E-state index is 0.00562. The SMILES string of the molecule is Cc1cccc(CN(C)c2ccnc(/C(N)=N/O)c2)n1. The Kier molecular flexibility index (Phi) is 4.14. The van der Waals surface area contributed by atoms with Gasteiger partial charge in [0.1, 0.15) is 5.69 Å². The molecule has 0 aliphatic rings. The van der Waals surface area contributed by atoms with Crippen molar-refractivity contribution in [1.82, 2.24) is 9.97 Å². The van der Waals surface area contributed by atoms with Gasteiger partial charge in [-0.15, -0.1) is 0 Å². The van der Waals surface area contributed by atoms with Crippen LogP contribution in [0.2, 0.25) is 0 Å². The van der Waals surface area contributed by atoms with Crippen molar-refractivity contribution in [2.24, 2.45) is 10.9 Å². The maximum absolute atomic E-state index is 8.68. The van der Waals surface area contributed by atoms with Crippen molar-refractivity contribution in [1.29, 1.82) is 0 Å². The van der Waals surface area contributed by atoms with Crippen LogP contribution in [-0.4, -0.2) is 28.1 Å². The number of anilines is 1. The van der Waals surface area contributed by atoms with Crippen molar-refractivity contribution < 1.29 is 5.21 Å². The van der Waals surface area contributed by atoms with Crippen LogP contribution in [0.4, 0.5) is 5.69 Å². The molecule has 0 aliphatic heterocycles. The Hall–Kier alpha value is -2.63. The summed E-state index contributed by atoms with van der Waals surface area (Å²) in [7, 11) is 1.95. The number of amidine groups is 1. The zero-order valence-electron chi connectivity index (χ0n) is 11.5. The average molecular weight is 271 g/mol. The summed E-state index contributed by atoms with van der Waals surface area (Å²) in [6, 6.07) is 9.57. The molecule has 0 bridgehead atoms. The fraction of sp³-hybridized carbons (Fsp3) is 0.214. The number of hydrogen-bond acceptors (Lipinski definition) is 5. The molecule has 2 aromatic heterocycles. The molecule has 0 radical (unpaired) electrons. The molecule has 0 saturated carbocycles. The van der Waals surface area contributed by atoms with Crippen LogP contribution in [0.15, 0.2) is 41.7 Å². The van der Waals surface area contributed by atoms with Crippen molar-refractivity contribution in [2.75, 3.05) is 11.9 Å². The Morgan fingerprint density at radius 2 is 2.20 bits per heavy atom. The first-order valence-corrected chi connectivity index (χ1v) is 6.18. The van der Waals surface area contributed by atoms with E-state index >= 15 is 0 Å². The van der Waals surface area contributed by atoms with Gasteiger partial charge in [0.25, 0.3) is 0 Å². The van der Waals surface area contributed by atoms with Crippen molar-refractivity contribution in [3.63, 3.8) is 0 Å². The van der Waals surface area contributed by atoms with E-state index in [0.29, 0.717) is 12.2 Å². The molecule has 0 amide bonds. The molecule has 6 heteroatoms. The molecule has 20 heavy (non-hydrogen) atoms. The number of aromatic nitrogens is 2. The van der Waals surface area contributed by atoms with E-state index in [2.05, 4.69) is 15.1 Å². The lowest BCUT2D eigenvalue weighted by molar-refractivity contribution is 0.318. The predicted octanol–water partition coefficient (Wildman–Crippen LogP) is 1.52. The van der Waals surface area contributed by atoms with Crippen LogP contribution in [0.1, 0.15) is 17.1 Å². The molecule has 0 atom stereocenters. The Labute approximate surface area is 117 Å². The molecule has 0 unspecified atom stereocenters. The molecule has 0 spiro atoms. The van der Waals surface area contributed by atoms with Crippen LogP contribution >= 0.6 is 0 Å². The minimum atomic E-state index is -0.00562. The second-order valence-electron chi connectivity index (χ2n) is 4.51. The van der Waals surface area contributed by atoms with Gasteiger partial charge < -0.3 is 15.8 Å². The van der Waals surface area contributed by atoms with E-state index in [1.54, 1.807) is 12.3 Å². The monoisotopic (exact) mass is 271 g/mol. The quantitative estimate of drug-likeness (QED) is 0.381. The van der Waals surface area contributed by atoms with E-state index < -0.39 is 0 Å². The summed E-state index contributed by atoms with van der Waals surface area (Å²) in [6.07, 6.45) is 1.63. The molecule has 3 N–H and O–H groups in total. The topological polar surface area (TPSA) is 87.6 Å². The Morgan fingerprint density at radius 1 is 1.40 bits per heavy atom. The second-order valence-corrected chi connectivity index (χ2v) is 4.51. The van der Waals surface area contributed by atoms with Crippen LogP contribution in [0.25, 0.3) is 0 Å². The van der Waals surface area contributed by atoms with E-state index in [1.165, 1.54) is 0 Å². The Morgan fingerprint density at radius 3 is 2.90 bits per heavy atom. The zero-order valence-corrected chi connectivity index (χ0v) is 11.5. The first kappa shape index (κ1) is 13.8. The highest BCUT2D eigenvalue weighted by atomic mass is 16.4. The number of nitrogens with two attached hydrogens (primary N) is 1. The maximum Gasteiger partial charge on any atom is 0.188 e. The number of pyridine rings is 2. The van der Waals surface area contributed by atoms with Crippen molar-refractivity contribution in [3.05, 3.63) is 53.6 Å². The molecule has 0 aromatic carbocycles. The van der Waals surface area contributed by atoms with Crippen LogP contribution in [0.3, 0.4) is 0 Å². The van der Waals surface area contributed by atoms with Gasteiger partial charge in [-0.25, -0.2) is 0 Å². The predicted molar refractivity (Wildman–Crippen MR) is 77.8 cm³/mol. The summed E-state index contributed by atoms with van der Waals surface area (Å²) >= 11 is 0. The minimum Gasteiger partial charge on any atom is -0.409 e. The Bertz CT molecular complexity index is 626. The lowest BCUT2D eigenvalue weighted by atomic mass is 10.2. The van der Waals surface area contributed by atoms with E-state index in [9.17, 15) is 0 Å². The van der Waals surface area contributed by atoms with Crippen LogP contribution in [0, 0.1) is 6.92 Å². The van der Waals surface area contributed by atoms with Crippen molar-refractivity contribution in [2.45, 2.75) is 13.5 Å². The Balaban J connectivity index is 2.19. The van der Waals surface area contributed by atoms with E-state index in [0.717, 1.165) is 17.1 Å². The fourth-order valence-corrected chi connectivity index (χ4v) is 1.87. The van der Waals surface area contributed by atoms with Gasteiger partial charge in [-0.05, 0) is 31.2 Å². The molecular weight excluding hydrogens is 254 g/mol. The smallest absolute Gasteiger partial charge is 0.188 e. The second kappa shape index (κ2) is 6.01.